The van der Waals surface area contributed by atoms with Gasteiger partial charge in [-0.3, -0.25) is 0 Å². The second kappa shape index (κ2) is 8.18. The van der Waals surface area contributed by atoms with Gasteiger partial charge in [0.1, 0.15) is 0 Å². The van der Waals surface area contributed by atoms with E-state index in [0.717, 1.165) is 25.4 Å². The Kier molecular flexibility index (Phi) is 7.43. The van der Waals surface area contributed by atoms with Crippen LogP contribution in [-0.4, -0.2) is 30.8 Å². The minimum atomic E-state index is 0. The van der Waals surface area contributed by atoms with E-state index in [1.165, 1.54) is 12.8 Å². The van der Waals surface area contributed by atoms with Crippen molar-refractivity contribution < 1.29 is 4.74 Å². The summed E-state index contributed by atoms with van der Waals surface area (Å²) in [7, 11) is 0. The molecule has 22 heavy (non-hydrogen) atoms. The van der Waals surface area contributed by atoms with Gasteiger partial charge >= 0.3 is 0 Å². The molecular formula is C17H34IN3O. The van der Waals surface area contributed by atoms with E-state index in [-0.39, 0.29) is 29.4 Å². The summed E-state index contributed by atoms with van der Waals surface area (Å²) in [4.78, 5) is 4.76. The number of halogens is 1. The van der Waals surface area contributed by atoms with Gasteiger partial charge in [0.15, 0.2) is 5.96 Å². The summed E-state index contributed by atoms with van der Waals surface area (Å²) in [5.74, 6) is 1.95. The second-order valence-corrected chi connectivity index (χ2v) is 7.89. The van der Waals surface area contributed by atoms with Crippen molar-refractivity contribution in [3.8, 4) is 0 Å². The molecule has 0 spiro atoms. The van der Waals surface area contributed by atoms with E-state index in [0.29, 0.717) is 30.1 Å². The van der Waals surface area contributed by atoms with Gasteiger partial charge in [-0.2, -0.15) is 0 Å². The Morgan fingerprint density at radius 3 is 2.64 bits per heavy atom. The van der Waals surface area contributed by atoms with Crippen molar-refractivity contribution in [1.82, 2.24) is 5.32 Å². The molecule has 0 amide bonds. The van der Waals surface area contributed by atoms with Gasteiger partial charge in [0.05, 0.1) is 12.1 Å². The number of guanidine groups is 1. The first-order valence-corrected chi connectivity index (χ1v) is 8.53. The summed E-state index contributed by atoms with van der Waals surface area (Å²) in [6.07, 6.45) is 5.17. The largest absolute Gasteiger partial charge is 0.377 e. The first-order valence-electron chi connectivity index (χ1n) is 8.53. The molecule has 3 N–H and O–H groups in total. The molecule has 5 heteroatoms. The molecule has 0 bridgehead atoms. The Labute approximate surface area is 153 Å². The van der Waals surface area contributed by atoms with Crippen molar-refractivity contribution in [2.75, 3.05) is 6.61 Å². The Morgan fingerprint density at radius 1 is 1.32 bits per heavy atom. The molecule has 130 valence electrons. The van der Waals surface area contributed by atoms with Crippen LogP contribution >= 0.6 is 24.0 Å². The summed E-state index contributed by atoms with van der Waals surface area (Å²) in [6.45, 7) is 12.1. The van der Waals surface area contributed by atoms with Crippen LogP contribution in [0.1, 0.15) is 60.3 Å². The van der Waals surface area contributed by atoms with E-state index < -0.39 is 0 Å². The Balaban J connectivity index is 0.00000242. The van der Waals surface area contributed by atoms with E-state index in [1.807, 2.05) is 0 Å². The molecule has 0 aromatic heterocycles. The third kappa shape index (κ3) is 4.49. The van der Waals surface area contributed by atoms with Crippen molar-refractivity contribution in [3.63, 3.8) is 0 Å². The van der Waals surface area contributed by atoms with E-state index in [4.69, 9.17) is 15.5 Å². The first-order chi connectivity index (χ1) is 9.82. The molecule has 4 nitrogen and oxygen atoms in total. The molecule has 1 saturated carbocycles. The normalized spacial score (nSPS) is 31.2. The average Bonchev–Trinajstić information content (AvgIpc) is 2.82. The van der Waals surface area contributed by atoms with E-state index in [1.54, 1.807) is 0 Å². The predicted molar refractivity (Wildman–Crippen MR) is 104 cm³/mol. The predicted octanol–water partition coefficient (Wildman–Crippen LogP) is 3.54. The summed E-state index contributed by atoms with van der Waals surface area (Å²) < 4.78 is 5.81. The molecule has 1 saturated heterocycles. The highest BCUT2D eigenvalue weighted by Gasteiger charge is 2.59. The van der Waals surface area contributed by atoms with Crippen LogP contribution in [-0.2, 0) is 4.74 Å². The Hall–Kier alpha value is -0.0400. The number of nitrogens with one attached hydrogen (secondary N) is 1. The van der Waals surface area contributed by atoms with Crippen LogP contribution in [0.3, 0.4) is 0 Å². The summed E-state index contributed by atoms with van der Waals surface area (Å²) in [5, 5.41) is 3.36. The van der Waals surface area contributed by atoms with Gasteiger partial charge in [-0.25, -0.2) is 4.99 Å². The molecule has 2 fully saturated rings. The summed E-state index contributed by atoms with van der Waals surface area (Å²) in [5.41, 5.74) is 6.24. The van der Waals surface area contributed by atoms with Gasteiger partial charge in [-0.05, 0) is 25.7 Å². The number of aliphatic imine (C=N–C) groups is 1. The molecule has 1 aliphatic carbocycles. The van der Waals surface area contributed by atoms with Gasteiger partial charge in [0.2, 0.25) is 0 Å². The SMILES string of the molecule is CC(C)CCCC(C)NC(N)=NC1C2CCOC2C1(C)C.I. The number of fused-ring (bicyclic) bond motifs is 1. The van der Waals surface area contributed by atoms with Gasteiger partial charge in [0.25, 0.3) is 0 Å². The minimum absolute atomic E-state index is 0. The van der Waals surface area contributed by atoms with E-state index in [2.05, 4.69) is 39.9 Å². The minimum Gasteiger partial charge on any atom is -0.377 e. The Bertz CT molecular complexity index is 384. The first kappa shape index (κ1) is 20.0. The van der Waals surface area contributed by atoms with Gasteiger partial charge in [-0.15, -0.1) is 24.0 Å². The maximum Gasteiger partial charge on any atom is 0.189 e. The molecule has 1 aliphatic heterocycles. The lowest BCUT2D eigenvalue weighted by Crippen LogP contribution is -2.60. The van der Waals surface area contributed by atoms with Crippen molar-refractivity contribution in [1.29, 1.82) is 0 Å². The average molecular weight is 423 g/mol. The topological polar surface area (TPSA) is 59.6 Å². The third-order valence-electron chi connectivity index (χ3n) is 5.13. The van der Waals surface area contributed by atoms with Crippen molar-refractivity contribution in [2.24, 2.45) is 28.0 Å². The summed E-state index contributed by atoms with van der Waals surface area (Å²) >= 11 is 0. The maximum atomic E-state index is 6.12. The number of nitrogens with zero attached hydrogens (tertiary/aromatic N) is 1. The highest BCUT2D eigenvalue weighted by molar-refractivity contribution is 14.0. The number of ether oxygens (including phenoxy) is 1. The number of hydrogen-bond acceptors (Lipinski definition) is 2. The van der Waals surface area contributed by atoms with Crippen molar-refractivity contribution in [3.05, 3.63) is 0 Å². The van der Waals surface area contributed by atoms with Crippen LogP contribution in [0, 0.1) is 17.3 Å². The van der Waals surface area contributed by atoms with Crippen molar-refractivity contribution in [2.45, 2.75) is 78.5 Å². The second-order valence-electron chi connectivity index (χ2n) is 7.89. The molecule has 4 atom stereocenters. The molecule has 4 unspecified atom stereocenters. The smallest absolute Gasteiger partial charge is 0.189 e. The molecule has 2 rings (SSSR count). The van der Waals surface area contributed by atoms with Crippen LogP contribution in [0.4, 0.5) is 0 Å². The third-order valence-corrected chi connectivity index (χ3v) is 5.13. The summed E-state index contributed by atoms with van der Waals surface area (Å²) in [6, 6.07) is 0.701. The van der Waals surface area contributed by atoms with Crippen LogP contribution in [0.15, 0.2) is 4.99 Å². The van der Waals surface area contributed by atoms with Crippen LogP contribution in [0.25, 0.3) is 0 Å². The van der Waals surface area contributed by atoms with Crippen LogP contribution in [0.2, 0.25) is 0 Å². The fraction of sp³-hybridized carbons (Fsp3) is 0.941. The van der Waals surface area contributed by atoms with Gasteiger partial charge < -0.3 is 15.8 Å². The standard InChI is InChI=1S/C17H33N3O.HI/c1-11(2)7-6-8-12(3)19-16(18)20-14-13-9-10-21-15(13)17(14,4)5;/h11-15H,6-10H2,1-5H3,(H3,18,19,20);1H. The highest BCUT2D eigenvalue weighted by atomic mass is 127. The Morgan fingerprint density at radius 2 is 2.00 bits per heavy atom. The highest BCUT2D eigenvalue weighted by Crippen LogP contribution is 2.53. The molecule has 0 aromatic rings. The number of hydrogen-bond donors (Lipinski definition) is 2. The van der Waals surface area contributed by atoms with Crippen LogP contribution < -0.4 is 11.1 Å². The number of nitrogens with two attached hydrogens (primary N) is 1. The zero-order valence-electron chi connectivity index (χ0n) is 14.8. The van der Waals surface area contributed by atoms with Gasteiger partial charge in [0, 0.05) is 24.0 Å². The maximum absolute atomic E-state index is 6.12. The quantitative estimate of drug-likeness (QED) is 0.390. The van der Waals surface area contributed by atoms with Crippen molar-refractivity contribution >= 4 is 29.9 Å². The molecule has 1 heterocycles. The monoisotopic (exact) mass is 423 g/mol. The fourth-order valence-corrected chi connectivity index (χ4v) is 3.90. The molecule has 0 radical (unpaired) electrons. The van der Waals surface area contributed by atoms with E-state index >= 15 is 0 Å². The number of rotatable bonds is 6. The lowest BCUT2D eigenvalue weighted by atomic mass is 9.57. The van der Waals surface area contributed by atoms with Gasteiger partial charge in [-0.1, -0.05) is 40.5 Å². The zero-order valence-corrected chi connectivity index (χ0v) is 17.1. The lowest BCUT2D eigenvalue weighted by Gasteiger charge is -2.52. The lowest BCUT2D eigenvalue weighted by molar-refractivity contribution is -0.0986. The molecule has 2 aliphatic rings. The van der Waals surface area contributed by atoms with Crippen LogP contribution in [0.5, 0.6) is 0 Å². The fourth-order valence-electron chi connectivity index (χ4n) is 3.90. The molecule has 0 aromatic carbocycles. The van der Waals surface area contributed by atoms with E-state index in [9.17, 15) is 0 Å². The molecular weight excluding hydrogens is 389 g/mol. The zero-order chi connectivity index (χ0) is 15.6.